The monoisotopic (exact) mass is 288 g/mol. The third-order valence-electron chi connectivity index (χ3n) is 6.07. The molecule has 0 saturated heterocycles. The zero-order chi connectivity index (χ0) is 15.0. The summed E-state index contributed by atoms with van der Waals surface area (Å²) in [5.74, 6) is 2.03. The van der Waals surface area contributed by atoms with Gasteiger partial charge in [0, 0.05) is 6.61 Å². The fourth-order valence-corrected chi connectivity index (χ4v) is 4.86. The second-order valence-corrected chi connectivity index (χ2v) is 7.25. The summed E-state index contributed by atoms with van der Waals surface area (Å²) < 4.78 is 5.56. The van der Waals surface area contributed by atoms with E-state index in [9.17, 15) is 5.11 Å². The van der Waals surface area contributed by atoms with E-state index >= 15 is 0 Å². The second-order valence-electron chi connectivity index (χ2n) is 7.25. The summed E-state index contributed by atoms with van der Waals surface area (Å²) in [4.78, 5) is 0. The normalized spacial score (nSPS) is 32.0. The second kappa shape index (κ2) is 5.64. The maximum atomic E-state index is 10.1. The van der Waals surface area contributed by atoms with E-state index in [1.807, 2.05) is 0 Å². The molecule has 2 aliphatic rings. The average molecular weight is 288 g/mol. The number of aryl methyl sites for hydroxylation is 1. The fraction of sp³-hybridized carbons (Fsp3) is 0.684. The third kappa shape index (κ3) is 2.38. The molecule has 2 heteroatoms. The van der Waals surface area contributed by atoms with Crippen molar-refractivity contribution in [3.05, 3.63) is 28.8 Å². The van der Waals surface area contributed by atoms with Gasteiger partial charge in [0.15, 0.2) is 0 Å². The molecule has 2 nitrogen and oxygen atoms in total. The van der Waals surface area contributed by atoms with Crippen molar-refractivity contribution in [3.8, 4) is 5.75 Å². The number of rotatable bonds is 2. The Morgan fingerprint density at radius 1 is 1.29 bits per heavy atom. The van der Waals surface area contributed by atoms with Crippen LogP contribution in [0.15, 0.2) is 12.1 Å². The van der Waals surface area contributed by atoms with Crippen molar-refractivity contribution in [2.45, 2.75) is 57.8 Å². The maximum Gasteiger partial charge on any atom is 0.122 e. The summed E-state index contributed by atoms with van der Waals surface area (Å²) in [6, 6.07) is 4.58. The summed E-state index contributed by atoms with van der Waals surface area (Å²) in [6.45, 7) is 4.82. The summed E-state index contributed by atoms with van der Waals surface area (Å²) in [5, 5.41) is 10.1. The zero-order valence-electron chi connectivity index (χ0n) is 13.6. The molecule has 3 unspecified atom stereocenters. The minimum atomic E-state index is 0.106. The summed E-state index contributed by atoms with van der Waals surface area (Å²) in [7, 11) is 1.75. The Balaban J connectivity index is 2.14. The Bertz CT molecular complexity index is 523. The molecule has 1 aromatic carbocycles. The summed E-state index contributed by atoms with van der Waals surface area (Å²) >= 11 is 0. The molecule has 0 aliphatic heterocycles. The lowest BCUT2D eigenvalue weighted by molar-refractivity contribution is 0.0702. The van der Waals surface area contributed by atoms with Gasteiger partial charge in [0.2, 0.25) is 0 Å². The molecular weight excluding hydrogens is 260 g/mol. The van der Waals surface area contributed by atoms with Crippen molar-refractivity contribution in [3.63, 3.8) is 0 Å². The van der Waals surface area contributed by atoms with Crippen LogP contribution < -0.4 is 4.74 Å². The first-order valence-corrected chi connectivity index (χ1v) is 8.39. The molecule has 2 aliphatic carbocycles. The molecule has 21 heavy (non-hydrogen) atoms. The van der Waals surface area contributed by atoms with E-state index < -0.39 is 0 Å². The zero-order valence-corrected chi connectivity index (χ0v) is 13.6. The number of benzene rings is 1. The van der Waals surface area contributed by atoms with Gasteiger partial charge in [-0.3, -0.25) is 0 Å². The molecule has 1 fully saturated rings. The van der Waals surface area contributed by atoms with Crippen LogP contribution >= 0.6 is 0 Å². The van der Waals surface area contributed by atoms with E-state index in [1.165, 1.54) is 48.8 Å². The number of fused-ring (bicyclic) bond motifs is 4. The Hall–Kier alpha value is -1.02. The number of aliphatic hydroxyl groups excluding tert-OH is 1. The van der Waals surface area contributed by atoms with E-state index in [2.05, 4.69) is 26.0 Å². The minimum absolute atomic E-state index is 0.106. The molecule has 0 aromatic heterocycles. The summed E-state index contributed by atoms with van der Waals surface area (Å²) in [6.07, 6.45) is 7.51. The standard InChI is InChI=1S/C19H28O2/c1-13-9-15-10-14-7-5-4-6-8-19(2,17(14)12-20)16(15)11-18(13)21-3/h9,11,14,17,20H,4-8,10,12H2,1-3H3. The number of ether oxygens (including phenoxy) is 1. The van der Waals surface area contributed by atoms with Crippen LogP contribution in [-0.4, -0.2) is 18.8 Å². The van der Waals surface area contributed by atoms with Crippen molar-refractivity contribution < 1.29 is 9.84 Å². The molecule has 1 saturated carbocycles. The summed E-state index contributed by atoms with van der Waals surface area (Å²) in [5.41, 5.74) is 4.26. The predicted octanol–water partition coefficient (Wildman–Crippen LogP) is 4.01. The molecule has 2 bridgehead atoms. The van der Waals surface area contributed by atoms with E-state index in [-0.39, 0.29) is 5.41 Å². The number of methoxy groups -OCH3 is 1. The Morgan fingerprint density at radius 2 is 2.10 bits per heavy atom. The lowest BCUT2D eigenvalue weighted by Gasteiger charge is -2.48. The van der Waals surface area contributed by atoms with Gasteiger partial charge in [0.1, 0.15) is 5.75 Å². The van der Waals surface area contributed by atoms with Crippen molar-refractivity contribution in [2.75, 3.05) is 13.7 Å². The van der Waals surface area contributed by atoms with Gasteiger partial charge < -0.3 is 9.84 Å². The largest absolute Gasteiger partial charge is 0.496 e. The van der Waals surface area contributed by atoms with Gasteiger partial charge >= 0.3 is 0 Å². The van der Waals surface area contributed by atoms with Crippen LogP contribution in [0.3, 0.4) is 0 Å². The number of hydrogen-bond donors (Lipinski definition) is 1. The first kappa shape index (κ1) is 14.9. The number of aliphatic hydroxyl groups is 1. The molecule has 0 radical (unpaired) electrons. The van der Waals surface area contributed by atoms with E-state index in [0.717, 1.165) is 12.2 Å². The smallest absolute Gasteiger partial charge is 0.122 e. The minimum Gasteiger partial charge on any atom is -0.496 e. The van der Waals surface area contributed by atoms with Gasteiger partial charge in [-0.2, -0.15) is 0 Å². The Morgan fingerprint density at radius 3 is 2.81 bits per heavy atom. The number of hydrogen-bond acceptors (Lipinski definition) is 2. The van der Waals surface area contributed by atoms with Crippen LogP contribution in [-0.2, 0) is 11.8 Å². The lowest BCUT2D eigenvalue weighted by atomic mass is 9.56. The molecule has 0 heterocycles. The van der Waals surface area contributed by atoms with Gasteiger partial charge in [-0.05, 0) is 66.2 Å². The predicted molar refractivity (Wildman–Crippen MR) is 85.9 cm³/mol. The molecule has 1 aromatic rings. The maximum absolute atomic E-state index is 10.1. The first-order chi connectivity index (χ1) is 10.1. The molecule has 3 atom stereocenters. The van der Waals surface area contributed by atoms with Crippen LogP contribution in [0.1, 0.15) is 55.7 Å². The Kier molecular flexibility index (Phi) is 4.00. The highest BCUT2D eigenvalue weighted by Crippen LogP contribution is 2.51. The SMILES string of the molecule is COc1cc2c(cc1C)CC1CCCCCC2(C)C1CO. The van der Waals surface area contributed by atoms with Crippen LogP contribution in [0, 0.1) is 18.8 Å². The van der Waals surface area contributed by atoms with Gasteiger partial charge in [0.05, 0.1) is 7.11 Å². The van der Waals surface area contributed by atoms with Gasteiger partial charge in [-0.15, -0.1) is 0 Å². The highest BCUT2D eigenvalue weighted by atomic mass is 16.5. The van der Waals surface area contributed by atoms with Crippen molar-refractivity contribution in [1.82, 2.24) is 0 Å². The topological polar surface area (TPSA) is 29.5 Å². The molecule has 0 amide bonds. The fourth-order valence-electron chi connectivity index (χ4n) is 4.86. The lowest BCUT2D eigenvalue weighted by Crippen LogP contribution is -2.45. The molecule has 0 spiro atoms. The van der Waals surface area contributed by atoms with Crippen LogP contribution in [0.2, 0.25) is 0 Å². The third-order valence-corrected chi connectivity index (χ3v) is 6.07. The molecular formula is C19H28O2. The van der Waals surface area contributed by atoms with Crippen molar-refractivity contribution in [1.29, 1.82) is 0 Å². The molecule has 116 valence electrons. The van der Waals surface area contributed by atoms with Crippen LogP contribution in [0.25, 0.3) is 0 Å². The molecule has 1 N–H and O–H groups in total. The Labute approximate surface area is 128 Å². The van der Waals surface area contributed by atoms with Crippen molar-refractivity contribution in [2.24, 2.45) is 11.8 Å². The first-order valence-electron chi connectivity index (χ1n) is 8.39. The van der Waals surface area contributed by atoms with Crippen LogP contribution in [0.5, 0.6) is 5.75 Å². The van der Waals surface area contributed by atoms with E-state index in [4.69, 9.17) is 4.74 Å². The van der Waals surface area contributed by atoms with Crippen LogP contribution in [0.4, 0.5) is 0 Å². The highest BCUT2D eigenvalue weighted by Gasteiger charge is 2.45. The highest BCUT2D eigenvalue weighted by molar-refractivity contribution is 5.47. The van der Waals surface area contributed by atoms with Gasteiger partial charge in [-0.25, -0.2) is 0 Å². The van der Waals surface area contributed by atoms with Gasteiger partial charge in [-0.1, -0.05) is 32.3 Å². The van der Waals surface area contributed by atoms with Gasteiger partial charge in [0.25, 0.3) is 0 Å². The van der Waals surface area contributed by atoms with E-state index in [1.54, 1.807) is 7.11 Å². The quantitative estimate of drug-likeness (QED) is 0.891. The van der Waals surface area contributed by atoms with E-state index in [0.29, 0.717) is 18.4 Å². The molecule has 3 rings (SSSR count). The van der Waals surface area contributed by atoms with Crippen molar-refractivity contribution >= 4 is 0 Å². The average Bonchev–Trinajstić information content (AvgIpc) is 2.45.